The van der Waals surface area contributed by atoms with Gasteiger partial charge in [0.1, 0.15) is 5.76 Å². The fraction of sp³-hybridized carbons (Fsp3) is 0.182. The molecular formula is C11H12N4O2. The Morgan fingerprint density at radius 2 is 1.71 bits per heavy atom. The Morgan fingerprint density at radius 3 is 2.18 bits per heavy atom. The van der Waals surface area contributed by atoms with Crippen LogP contribution in [0.2, 0.25) is 0 Å². The van der Waals surface area contributed by atoms with Crippen molar-refractivity contribution in [3.8, 4) is 0 Å². The molecular weight excluding hydrogens is 220 g/mol. The molecule has 6 heteroatoms. The average molecular weight is 232 g/mol. The molecule has 0 saturated heterocycles. The predicted octanol–water partition coefficient (Wildman–Crippen LogP) is 0.935. The highest BCUT2D eigenvalue weighted by molar-refractivity contribution is 6.07. The maximum Gasteiger partial charge on any atom is 0.192 e. The molecule has 17 heavy (non-hydrogen) atoms. The van der Waals surface area contributed by atoms with E-state index < -0.39 is 0 Å². The van der Waals surface area contributed by atoms with Crippen molar-refractivity contribution in [1.82, 2.24) is 19.6 Å². The van der Waals surface area contributed by atoms with Gasteiger partial charge in [0.05, 0.1) is 23.5 Å². The maximum absolute atomic E-state index is 11.7. The van der Waals surface area contributed by atoms with E-state index in [9.17, 15) is 9.90 Å². The summed E-state index contributed by atoms with van der Waals surface area (Å²) in [6.07, 6.45) is 7.32. The van der Waals surface area contributed by atoms with Crippen molar-refractivity contribution in [1.29, 1.82) is 0 Å². The zero-order valence-electron chi connectivity index (χ0n) is 9.53. The first-order chi connectivity index (χ1) is 8.06. The first kappa shape index (κ1) is 11.1. The topological polar surface area (TPSA) is 72.9 Å². The normalized spacial score (nSPS) is 11.8. The highest BCUT2D eigenvalue weighted by atomic mass is 16.3. The Balaban J connectivity index is 2.22. The van der Waals surface area contributed by atoms with Crippen molar-refractivity contribution < 1.29 is 9.90 Å². The van der Waals surface area contributed by atoms with Crippen LogP contribution in [0.4, 0.5) is 0 Å². The number of ketones is 1. The molecule has 0 bridgehead atoms. The van der Waals surface area contributed by atoms with E-state index >= 15 is 0 Å². The van der Waals surface area contributed by atoms with E-state index in [1.807, 2.05) is 0 Å². The third kappa shape index (κ3) is 2.41. The Morgan fingerprint density at radius 1 is 1.18 bits per heavy atom. The molecule has 2 aromatic heterocycles. The van der Waals surface area contributed by atoms with Crippen LogP contribution in [0.5, 0.6) is 0 Å². The molecule has 2 aromatic rings. The number of carbonyl (C=O) groups excluding carboxylic acids is 1. The van der Waals surface area contributed by atoms with Gasteiger partial charge in [-0.25, -0.2) is 0 Å². The van der Waals surface area contributed by atoms with E-state index in [0.29, 0.717) is 11.1 Å². The number of rotatable bonds is 3. The van der Waals surface area contributed by atoms with Gasteiger partial charge < -0.3 is 5.11 Å². The molecule has 0 unspecified atom stereocenters. The number of hydrogen-bond acceptors (Lipinski definition) is 4. The van der Waals surface area contributed by atoms with Gasteiger partial charge in [0.25, 0.3) is 0 Å². The maximum atomic E-state index is 11.7. The average Bonchev–Trinajstić information content (AvgIpc) is 2.87. The van der Waals surface area contributed by atoms with Gasteiger partial charge in [-0.2, -0.15) is 10.2 Å². The second-order valence-electron chi connectivity index (χ2n) is 3.70. The number of aryl methyl sites for hydroxylation is 2. The summed E-state index contributed by atoms with van der Waals surface area (Å²) < 4.78 is 3.08. The Hall–Kier alpha value is -2.37. The summed E-state index contributed by atoms with van der Waals surface area (Å²) >= 11 is 0. The van der Waals surface area contributed by atoms with Crippen LogP contribution >= 0.6 is 0 Å². The second-order valence-corrected chi connectivity index (χ2v) is 3.70. The standard InChI is InChI=1S/C11H12N4O2/c1-14-6-8(4-12-14)10(16)3-11(17)9-5-13-15(2)7-9/h3-7,16H,1-2H3. The fourth-order valence-corrected chi connectivity index (χ4v) is 1.39. The van der Waals surface area contributed by atoms with Gasteiger partial charge in [-0.05, 0) is 0 Å². The molecule has 6 nitrogen and oxygen atoms in total. The van der Waals surface area contributed by atoms with E-state index in [-0.39, 0.29) is 11.5 Å². The number of allylic oxidation sites excluding steroid dienone is 1. The van der Waals surface area contributed by atoms with Gasteiger partial charge >= 0.3 is 0 Å². The largest absolute Gasteiger partial charge is 0.507 e. The van der Waals surface area contributed by atoms with Gasteiger partial charge in [0.15, 0.2) is 5.78 Å². The molecule has 0 fully saturated rings. The number of aliphatic hydroxyl groups excluding tert-OH is 1. The highest BCUT2D eigenvalue weighted by Crippen LogP contribution is 2.11. The molecule has 2 heterocycles. The number of carbonyl (C=O) groups is 1. The fourth-order valence-electron chi connectivity index (χ4n) is 1.39. The van der Waals surface area contributed by atoms with Crippen LogP contribution in [-0.4, -0.2) is 30.5 Å². The molecule has 0 spiro atoms. The van der Waals surface area contributed by atoms with Crippen molar-refractivity contribution >= 4 is 11.5 Å². The predicted molar refractivity (Wildman–Crippen MR) is 61.4 cm³/mol. The Labute approximate surface area is 97.8 Å². The molecule has 0 atom stereocenters. The summed E-state index contributed by atoms with van der Waals surface area (Å²) in [6.45, 7) is 0. The van der Waals surface area contributed by atoms with Gasteiger partial charge in [0, 0.05) is 32.6 Å². The molecule has 0 aliphatic rings. The monoisotopic (exact) mass is 232 g/mol. The van der Waals surface area contributed by atoms with Crippen LogP contribution in [-0.2, 0) is 14.1 Å². The van der Waals surface area contributed by atoms with Crippen molar-refractivity contribution in [2.75, 3.05) is 0 Å². The van der Waals surface area contributed by atoms with Gasteiger partial charge in [0.2, 0.25) is 0 Å². The molecule has 0 amide bonds. The van der Waals surface area contributed by atoms with Crippen LogP contribution < -0.4 is 0 Å². The van der Waals surface area contributed by atoms with Crippen molar-refractivity contribution in [2.45, 2.75) is 0 Å². The molecule has 0 aromatic carbocycles. The van der Waals surface area contributed by atoms with Crippen molar-refractivity contribution in [2.24, 2.45) is 14.1 Å². The molecule has 1 N–H and O–H groups in total. The summed E-state index contributed by atoms with van der Waals surface area (Å²) in [7, 11) is 3.46. The number of aromatic nitrogens is 4. The Kier molecular flexibility index (Phi) is 2.78. The minimum Gasteiger partial charge on any atom is -0.507 e. The zero-order valence-corrected chi connectivity index (χ0v) is 9.53. The van der Waals surface area contributed by atoms with Crippen LogP contribution in [0.15, 0.2) is 30.9 Å². The van der Waals surface area contributed by atoms with Crippen LogP contribution in [0.25, 0.3) is 5.76 Å². The molecule has 0 aliphatic heterocycles. The first-order valence-electron chi connectivity index (χ1n) is 4.99. The first-order valence-corrected chi connectivity index (χ1v) is 4.99. The minimum atomic E-state index is -0.292. The lowest BCUT2D eigenvalue weighted by Crippen LogP contribution is -1.94. The number of hydrogen-bond donors (Lipinski definition) is 1. The van der Waals surface area contributed by atoms with Crippen molar-refractivity contribution in [3.63, 3.8) is 0 Å². The highest BCUT2D eigenvalue weighted by Gasteiger charge is 2.08. The van der Waals surface area contributed by atoms with E-state index in [4.69, 9.17) is 0 Å². The SMILES string of the molecule is Cn1cc(C(=O)C=C(O)c2cnn(C)c2)cn1. The van der Waals surface area contributed by atoms with Gasteiger partial charge in [-0.3, -0.25) is 14.2 Å². The zero-order chi connectivity index (χ0) is 12.4. The summed E-state index contributed by atoms with van der Waals surface area (Å²) in [6, 6.07) is 0. The Bertz CT molecular complexity index is 580. The van der Waals surface area contributed by atoms with E-state index in [2.05, 4.69) is 10.2 Å². The summed E-state index contributed by atoms with van der Waals surface area (Å²) in [4.78, 5) is 11.7. The molecule has 0 aliphatic carbocycles. The smallest absolute Gasteiger partial charge is 0.192 e. The van der Waals surface area contributed by atoms with Gasteiger partial charge in [-0.15, -0.1) is 0 Å². The third-order valence-electron chi connectivity index (χ3n) is 2.26. The molecule has 2 rings (SSSR count). The van der Waals surface area contributed by atoms with Gasteiger partial charge in [-0.1, -0.05) is 0 Å². The van der Waals surface area contributed by atoms with Crippen molar-refractivity contribution in [3.05, 3.63) is 42.0 Å². The summed E-state index contributed by atoms with van der Waals surface area (Å²) in [5.74, 6) is -0.397. The molecule has 0 saturated carbocycles. The third-order valence-corrected chi connectivity index (χ3v) is 2.26. The van der Waals surface area contributed by atoms with Crippen LogP contribution in [0.1, 0.15) is 15.9 Å². The number of aliphatic hydroxyl groups is 1. The minimum absolute atomic E-state index is 0.105. The summed E-state index contributed by atoms with van der Waals surface area (Å²) in [5, 5.41) is 17.5. The van der Waals surface area contributed by atoms with E-state index in [1.54, 1.807) is 31.2 Å². The second kappa shape index (κ2) is 4.25. The quantitative estimate of drug-likeness (QED) is 0.485. The summed E-state index contributed by atoms with van der Waals surface area (Å²) in [5.41, 5.74) is 0.938. The lowest BCUT2D eigenvalue weighted by atomic mass is 10.2. The van der Waals surface area contributed by atoms with E-state index in [0.717, 1.165) is 6.08 Å². The molecule has 88 valence electrons. The number of nitrogens with zero attached hydrogens (tertiary/aromatic N) is 4. The molecule has 0 radical (unpaired) electrons. The van der Waals surface area contributed by atoms with Crippen LogP contribution in [0.3, 0.4) is 0 Å². The van der Waals surface area contributed by atoms with Crippen LogP contribution in [0, 0.1) is 0 Å². The lowest BCUT2D eigenvalue weighted by molar-refractivity contribution is 0.104. The van der Waals surface area contributed by atoms with E-state index in [1.165, 1.54) is 17.1 Å². The lowest BCUT2D eigenvalue weighted by Gasteiger charge is -1.94.